The third kappa shape index (κ3) is 3.07. The van der Waals surface area contributed by atoms with Crippen LogP contribution < -0.4 is 0 Å². The van der Waals surface area contributed by atoms with Crippen LogP contribution in [0.15, 0.2) is 54.6 Å². The van der Waals surface area contributed by atoms with E-state index in [1.165, 1.54) is 0 Å². The molecule has 3 aromatic carbocycles. The SMILES string of the molecule is O=C(OC1CCCCOC1=O)c1cccc2cc3ccccc3cc12. The first kappa shape index (κ1) is 15.6. The summed E-state index contributed by atoms with van der Waals surface area (Å²) in [7, 11) is 0. The number of carbonyl (C=O) groups excluding carboxylic acids is 2. The van der Waals surface area contributed by atoms with Crippen LogP contribution in [0.1, 0.15) is 29.6 Å². The Morgan fingerprint density at radius 3 is 2.56 bits per heavy atom. The number of carbonyl (C=O) groups is 2. The summed E-state index contributed by atoms with van der Waals surface area (Å²) in [6.07, 6.45) is 1.31. The summed E-state index contributed by atoms with van der Waals surface area (Å²) < 4.78 is 10.6. The Kier molecular flexibility index (Phi) is 4.10. The summed E-state index contributed by atoms with van der Waals surface area (Å²) >= 11 is 0. The van der Waals surface area contributed by atoms with Crippen LogP contribution in [-0.2, 0) is 14.3 Å². The molecule has 1 aliphatic heterocycles. The van der Waals surface area contributed by atoms with Gasteiger partial charge in [-0.3, -0.25) is 0 Å². The maximum Gasteiger partial charge on any atom is 0.347 e. The molecule has 1 saturated heterocycles. The summed E-state index contributed by atoms with van der Waals surface area (Å²) in [5, 5.41) is 3.97. The Morgan fingerprint density at radius 2 is 1.72 bits per heavy atom. The highest BCUT2D eigenvalue weighted by molar-refractivity contribution is 6.09. The summed E-state index contributed by atoms with van der Waals surface area (Å²) in [6.45, 7) is 0.396. The lowest BCUT2D eigenvalue weighted by atomic mass is 10.00. The molecule has 0 spiro atoms. The smallest absolute Gasteiger partial charge is 0.347 e. The van der Waals surface area contributed by atoms with Gasteiger partial charge in [0.25, 0.3) is 0 Å². The van der Waals surface area contributed by atoms with Crippen LogP contribution >= 0.6 is 0 Å². The molecule has 4 heteroatoms. The van der Waals surface area contributed by atoms with E-state index in [-0.39, 0.29) is 0 Å². The summed E-state index contributed by atoms with van der Waals surface area (Å²) in [5.41, 5.74) is 0.473. The molecular formula is C21H18O4. The van der Waals surface area contributed by atoms with E-state index in [1.807, 2.05) is 42.5 Å². The number of fused-ring (bicyclic) bond motifs is 2. The number of esters is 2. The fraction of sp³-hybridized carbons (Fsp3) is 0.238. The van der Waals surface area contributed by atoms with Crippen molar-refractivity contribution in [3.8, 4) is 0 Å². The predicted octanol–water partition coefficient (Wildman–Crippen LogP) is 4.25. The minimum absolute atomic E-state index is 0.396. The molecule has 1 fully saturated rings. The van der Waals surface area contributed by atoms with Gasteiger partial charge in [-0.1, -0.05) is 36.4 Å². The second kappa shape index (κ2) is 6.55. The second-order valence-electron chi connectivity index (χ2n) is 6.28. The third-order valence-corrected chi connectivity index (χ3v) is 4.58. The third-order valence-electron chi connectivity index (χ3n) is 4.58. The van der Waals surface area contributed by atoms with Crippen molar-refractivity contribution in [2.24, 2.45) is 0 Å². The van der Waals surface area contributed by atoms with E-state index in [9.17, 15) is 9.59 Å². The lowest BCUT2D eigenvalue weighted by Crippen LogP contribution is -2.27. The first-order valence-electron chi connectivity index (χ1n) is 8.51. The van der Waals surface area contributed by atoms with Crippen LogP contribution in [0.2, 0.25) is 0 Å². The molecule has 126 valence electrons. The lowest BCUT2D eigenvalue weighted by Gasteiger charge is -2.14. The van der Waals surface area contributed by atoms with Crippen molar-refractivity contribution in [2.45, 2.75) is 25.4 Å². The van der Waals surface area contributed by atoms with Gasteiger partial charge in [0.05, 0.1) is 12.2 Å². The molecule has 1 aliphatic rings. The largest absolute Gasteiger partial charge is 0.463 e. The van der Waals surface area contributed by atoms with E-state index in [2.05, 4.69) is 6.07 Å². The molecular weight excluding hydrogens is 316 g/mol. The number of hydrogen-bond donors (Lipinski definition) is 0. The van der Waals surface area contributed by atoms with Crippen LogP contribution in [0.25, 0.3) is 21.5 Å². The number of ether oxygens (including phenoxy) is 2. The van der Waals surface area contributed by atoms with Gasteiger partial charge in [0.2, 0.25) is 0 Å². The summed E-state index contributed by atoms with van der Waals surface area (Å²) in [6, 6.07) is 17.6. The van der Waals surface area contributed by atoms with Crippen molar-refractivity contribution in [2.75, 3.05) is 6.61 Å². The molecule has 3 aromatic rings. The van der Waals surface area contributed by atoms with E-state index in [0.29, 0.717) is 18.6 Å². The molecule has 1 atom stereocenters. The standard InChI is InChI=1S/C21H18O4/c22-20(25-19-10-3-4-11-24-21(19)23)17-9-5-8-16-12-14-6-1-2-7-15(14)13-18(16)17/h1-2,5-9,12-13,19H,3-4,10-11H2. The van der Waals surface area contributed by atoms with Gasteiger partial charge in [-0.15, -0.1) is 0 Å². The molecule has 0 N–H and O–H groups in total. The monoisotopic (exact) mass is 334 g/mol. The van der Waals surface area contributed by atoms with E-state index in [1.54, 1.807) is 6.07 Å². The summed E-state index contributed by atoms with van der Waals surface area (Å²) in [5.74, 6) is -0.929. The molecule has 25 heavy (non-hydrogen) atoms. The number of hydrogen-bond acceptors (Lipinski definition) is 4. The van der Waals surface area contributed by atoms with Gasteiger partial charge in [-0.2, -0.15) is 0 Å². The molecule has 4 nitrogen and oxygen atoms in total. The summed E-state index contributed by atoms with van der Waals surface area (Å²) in [4.78, 5) is 24.6. The Balaban J connectivity index is 1.71. The van der Waals surface area contributed by atoms with Crippen molar-refractivity contribution in [1.29, 1.82) is 0 Å². The van der Waals surface area contributed by atoms with Gasteiger partial charge in [-0.25, -0.2) is 9.59 Å². The highest BCUT2D eigenvalue weighted by Crippen LogP contribution is 2.26. The maximum atomic E-state index is 12.7. The Bertz CT molecular complexity index is 960. The fourth-order valence-electron chi connectivity index (χ4n) is 3.26. The highest BCUT2D eigenvalue weighted by atomic mass is 16.6. The molecule has 1 heterocycles. The molecule has 0 aliphatic carbocycles. The van der Waals surface area contributed by atoms with Crippen LogP contribution in [-0.4, -0.2) is 24.6 Å². The molecule has 1 unspecified atom stereocenters. The van der Waals surface area contributed by atoms with Crippen molar-refractivity contribution in [3.63, 3.8) is 0 Å². The fourth-order valence-corrected chi connectivity index (χ4v) is 3.26. The van der Waals surface area contributed by atoms with E-state index >= 15 is 0 Å². The zero-order chi connectivity index (χ0) is 17.2. The first-order chi connectivity index (χ1) is 12.2. The van der Waals surface area contributed by atoms with Gasteiger partial charge in [0.15, 0.2) is 6.10 Å². The minimum Gasteiger partial charge on any atom is -0.463 e. The Hall–Kier alpha value is -2.88. The predicted molar refractivity (Wildman–Crippen MR) is 95.5 cm³/mol. The number of cyclic esters (lactones) is 1. The molecule has 0 amide bonds. The van der Waals surface area contributed by atoms with Crippen molar-refractivity contribution >= 4 is 33.5 Å². The zero-order valence-electron chi connectivity index (χ0n) is 13.7. The molecule has 0 bridgehead atoms. The molecule has 0 saturated carbocycles. The van der Waals surface area contributed by atoms with E-state index < -0.39 is 18.0 Å². The average Bonchev–Trinajstić information content (AvgIpc) is 2.84. The van der Waals surface area contributed by atoms with Crippen LogP contribution in [0.5, 0.6) is 0 Å². The Labute approximate surface area is 145 Å². The minimum atomic E-state index is -0.814. The quantitative estimate of drug-likeness (QED) is 0.519. The number of rotatable bonds is 2. The van der Waals surface area contributed by atoms with Crippen molar-refractivity contribution in [3.05, 3.63) is 60.2 Å². The average molecular weight is 334 g/mol. The van der Waals surface area contributed by atoms with Crippen LogP contribution in [0.3, 0.4) is 0 Å². The van der Waals surface area contributed by atoms with Crippen molar-refractivity contribution in [1.82, 2.24) is 0 Å². The molecule has 0 aromatic heterocycles. The highest BCUT2D eigenvalue weighted by Gasteiger charge is 2.27. The Morgan fingerprint density at radius 1 is 0.960 bits per heavy atom. The van der Waals surface area contributed by atoms with Gasteiger partial charge >= 0.3 is 11.9 Å². The number of benzene rings is 3. The maximum absolute atomic E-state index is 12.7. The van der Waals surface area contributed by atoms with E-state index in [0.717, 1.165) is 34.4 Å². The normalized spacial score (nSPS) is 17.9. The second-order valence-corrected chi connectivity index (χ2v) is 6.28. The lowest BCUT2D eigenvalue weighted by molar-refractivity contribution is -0.152. The van der Waals surface area contributed by atoms with Gasteiger partial charge < -0.3 is 9.47 Å². The van der Waals surface area contributed by atoms with Crippen molar-refractivity contribution < 1.29 is 19.1 Å². The van der Waals surface area contributed by atoms with E-state index in [4.69, 9.17) is 9.47 Å². The van der Waals surface area contributed by atoms with Gasteiger partial charge in [0, 0.05) is 0 Å². The van der Waals surface area contributed by atoms with Gasteiger partial charge in [-0.05, 0) is 59.0 Å². The molecule has 4 rings (SSSR count). The van der Waals surface area contributed by atoms with Gasteiger partial charge in [0.1, 0.15) is 0 Å². The topological polar surface area (TPSA) is 52.6 Å². The van der Waals surface area contributed by atoms with Crippen LogP contribution in [0.4, 0.5) is 0 Å². The molecule has 0 radical (unpaired) electrons. The van der Waals surface area contributed by atoms with Crippen LogP contribution in [0, 0.1) is 0 Å². The first-order valence-corrected chi connectivity index (χ1v) is 8.51. The zero-order valence-corrected chi connectivity index (χ0v) is 13.7.